The highest BCUT2D eigenvalue weighted by atomic mass is 79.9. The maximum Gasteiger partial charge on any atom is 0.267 e. The lowest BCUT2D eigenvalue weighted by molar-refractivity contribution is 0.103. The lowest BCUT2D eigenvalue weighted by atomic mass is 10.1. The quantitative estimate of drug-likeness (QED) is 0.692. The Morgan fingerprint density at radius 2 is 1.95 bits per heavy atom. The van der Waals surface area contributed by atoms with Crippen LogP contribution in [0.4, 0.5) is 11.4 Å². The highest BCUT2D eigenvalue weighted by molar-refractivity contribution is 9.10. The van der Waals surface area contributed by atoms with Crippen molar-refractivity contribution in [3.05, 3.63) is 50.9 Å². The predicted octanol–water partition coefficient (Wildman–Crippen LogP) is 4.51. The van der Waals surface area contributed by atoms with E-state index in [1.54, 1.807) is 0 Å². The molecule has 2 aromatic heterocycles. The molecule has 0 bridgehead atoms. The Balaban J connectivity index is 2.06. The van der Waals surface area contributed by atoms with Crippen molar-refractivity contribution in [1.29, 1.82) is 0 Å². The van der Waals surface area contributed by atoms with Gasteiger partial charge in [-0.2, -0.15) is 0 Å². The van der Waals surface area contributed by atoms with Crippen LogP contribution in [0.15, 0.2) is 34.8 Å². The summed E-state index contributed by atoms with van der Waals surface area (Å²) >= 11 is 4.84. The van der Waals surface area contributed by atoms with Crippen LogP contribution in [0.2, 0.25) is 0 Å². The van der Waals surface area contributed by atoms with E-state index >= 15 is 0 Å². The zero-order valence-corrected chi connectivity index (χ0v) is 14.5. The molecule has 0 fully saturated rings. The average Bonchev–Trinajstić information content (AvgIpc) is 2.83. The molecular weight excluding hydrogens is 362 g/mol. The van der Waals surface area contributed by atoms with Crippen molar-refractivity contribution >= 4 is 54.8 Å². The number of carbonyl (C=O) groups excluding carboxylic acids is 1. The second kappa shape index (κ2) is 5.70. The van der Waals surface area contributed by atoms with Crippen LogP contribution in [0, 0.1) is 13.8 Å². The number of para-hydroxylation sites is 1. The monoisotopic (exact) mass is 375 g/mol. The summed E-state index contributed by atoms with van der Waals surface area (Å²) in [6.07, 6.45) is 0. The molecule has 0 radical (unpaired) electrons. The van der Waals surface area contributed by atoms with Gasteiger partial charge in [0.15, 0.2) is 0 Å². The molecule has 0 aliphatic carbocycles. The fourth-order valence-corrected chi connectivity index (χ4v) is 3.72. The normalized spacial score (nSPS) is 10.9. The Kier molecular flexibility index (Phi) is 3.88. The maximum absolute atomic E-state index is 12.5. The van der Waals surface area contributed by atoms with E-state index in [1.807, 2.05) is 44.2 Å². The van der Waals surface area contributed by atoms with Gasteiger partial charge in [0, 0.05) is 15.5 Å². The van der Waals surface area contributed by atoms with Crippen LogP contribution in [0.25, 0.3) is 10.2 Å². The number of fused-ring (bicyclic) bond motifs is 1. The van der Waals surface area contributed by atoms with Gasteiger partial charge in [-0.1, -0.05) is 18.2 Å². The summed E-state index contributed by atoms with van der Waals surface area (Å²) in [5.41, 5.74) is 9.33. The number of anilines is 2. The van der Waals surface area contributed by atoms with Gasteiger partial charge < -0.3 is 11.1 Å². The molecule has 0 saturated heterocycles. The summed E-state index contributed by atoms with van der Waals surface area (Å²) in [4.78, 5) is 18.3. The molecule has 22 heavy (non-hydrogen) atoms. The van der Waals surface area contributed by atoms with Gasteiger partial charge in [-0.05, 0) is 47.5 Å². The van der Waals surface area contributed by atoms with Crippen molar-refractivity contribution in [3.63, 3.8) is 0 Å². The Bertz CT molecular complexity index is 874. The van der Waals surface area contributed by atoms with E-state index in [9.17, 15) is 4.79 Å². The smallest absolute Gasteiger partial charge is 0.267 e. The molecule has 3 aromatic rings. The first-order chi connectivity index (χ1) is 10.5. The third-order valence-electron chi connectivity index (χ3n) is 3.46. The molecule has 0 aliphatic heterocycles. The fourth-order valence-electron chi connectivity index (χ4n) is 2.33. The third kappa shape index (κ3) is 2.48. The zero-order chi connectivity index (χ0) is 15.9. The topological polar surface area (TPSA) is 68.0 Å². The van der Waals surface area contributed by atoms with Gasteiger partial charge in [-0.3, -0.25) is 4.79 Å². The molecule has 3 rings (SSSR count). The number of nitrogens with one attached hydrogen (secondary N) is 1. The maximum atomic E-state index is 12.5. The number of amides is 1. The lowest BCUT2D eigenvalue weighted by Gasteiger charge is -2.05. The van der Waals surface area contributed by atoms with Crippen LogP contribution >= 0.6 is 27.3 Å². The molecule has 112 valence electrons. The number of hydrogen-bond donors (Lipinski definition) is 2. The van der Waals surface area contributed by atoms with Crippen molar-refractivity contribution in [1.82, 2.24) is 4.98 Å². The van der Waals surface area contributed by atoms with Gasteiger partial charge >= 0.3 is 0 Å². The van der Waals surface area contributed by atoms with Crippen molar-refractivity contribution in [2.24, 2.45) is 0 Å². The number of pyridine rings is 1. The number of nitrogens with zero attached hydrogens (tertiary/aromatic N) is 1. The number of halogens is 1. The molecule has 2 heterocycles. The molecule has 4 nitrogen and oxygen atoms in total. The minimum absolute atomic E-state index is 0.208. The summed E-state index contributed by atoms with van der Waals surface area (Å²) in [5.74, 6) is -0.208. The third-order valence-corrected chi connectivity index (χ3v) is 5.72. The molecule has 0 aliphatic rings. The van der Waals surface area contributed by atoms with E-state index < -0.39 is 0 Å². The molecule has 3 N–H and O–H groups in total. The highest BCUT2D eigenvalue weighted by Crippen LogP contribution is 2.38. The average molecular weight is 376 g/mol. The first kappa shape index (κ1) is 15.0. The van der Waals surface area contributed by atoms with E-state index in [1.165, 1.54) is 11.3 Å². The molecule has 0 spiro atoms. The predicted molar refractivity (Wildman–Crippen MR) is 95.6 cm³/mol. The number of thiophene rings is 1. The SMILES string of the molecule is Cc1nc2sc(C(=O)Nc3ccccc3)c(N)c2c(C)c1Br. The molecule has 1 amide bonds. The van der Waals surface area contributed by atoms with E-state index in [-0.39, 0.29) is 5.91 Å². The number of aryl methyl sites for hydroxylation is 2. The van der Waals surface area contributed by atoms with E-state index in [0.29, 0.717) is 10.6 Å². The first-order valence-electron chi connectivity index (χ1n) is 6.70. The largest absolute Gasteiger partial charge is 0.397 e. The van der Waals surface area contributed by atoms with Gasteiger partial charge in [0.05, 0.1) is 11.4 Å². The summed E-state index contributed by atoms with van der Waals surface area (Å²) in [6, 6.07) is 9.32. The van der Waals surface area contributed by atoms with Gasteiger partial charge in [0.1, 0.15) is 9.71 Å². The van der Waals surface area contributed by atoms with Crippen molar-refractivity contribution < 1.29 is 4.79 Å². The second-order valence-electron chi connectivity index (χ2n) is 4.98. The lowest BCUT2D eigenvalue weighted by Crippen LogP contribution is -2.11. The number of hydrogen-bond acceptors (Lipinski definition) is 4. The number of carbonyl (C=O) groups is 1. The minimum atomic E-state index is -0.208. The molecule has 6 heteroatoms. The Hall–Kier alpha value is -1.92. The second-order valence-corrected chi connectivity index (χ2v) is 6.77. The van der Waals surface area contributed by atoms with Crippen LogP contribution in [-0.4, -0.2) is 10.9 Å². The Morgan fingerprint density at radius 3 is 2.64 bits per heavy atom. The molecule has 0 atom stereocenters. The van der Waals surface area contributed by atoms with Crippen molar-refractivity contribution in [2.45, 2.75) is 13.8 Å². The van der Waals surface area contributed by atoms with Crippen molar-refractivity contribution in [2.75, 3.05) is 11.1 Å². The zero-order valence-electron chi connectivity index (χ0n) is 12.1. The number of aromatic nitrogens is 1. The Labute approximate surface area is 140 Å². The standard InChI is InChI=1S/C16H14BrN3OS/c1-8-11-13(18)14(22-16(11)19-9(2)12(8)17)15(21)20-10-6-4-3-5-7-10/h3-7H,18H2,1-2H3,(H,20,21). The van der Waals surface area contributed by atoms with Crippen LogP contribution in [0.1, 0.15) is 20.9 Å². The highest BCUT2D eigenvalue weighted by Gasteiger charge is 2.20. The van der Waals surface area contributed by atoms with E-state index in [2.05, 4.69) is 26.2 Å². The molecular formula is C16H14BrN3OS. The van der Waals surface area contributed by atoms with Crippen LogP contribution < -0.4 is 11.1 Å². The number of nitrogen functional groups attached to an aromatic ring is 1. The molecule has 1 aromatic carbocycles. The van der Waals surface area contributed by atoms with E-state index in [4.69, 9.17) is 5.73 Å². The van der Waals surface area contributed by atoms with Crippen LogP contribution in [-0.2, 0) is 0 Å². The Morgan fingerprint density at radius 1 is 1.27 bits per heavy atom. The van der Waals surface area contributed by atoms with Crippen molar-refractivity contribution in [3.8, 4) is 0 Å². The fraction of sp³-hybridized carbons (Fsp3) is 0.125. The van der Waals surface area contributed by atoms with Gasteiger partial charge in [-0.25, -0.2) is 4.98 Å². The number of nitrogens with two attached hydrogens (primary N) is 1. The van der Waals surface area contributed by atoms with Crippen LogP contribution in [0.5, 0.6) is 0 Å². The number of benzene rings is 1. The first-order valence-corrected chi connectivity index (χ1v) is 8.31. The summed E-state index contributed by atoms with van der Waals surface area (Å²) < 4.78 is 0.930. The van der Waals surface area contributed by atoms with Gasteiger partial charge in [0.25, 0.3) is 5.91 Å². The van der Waals surface area contributed by atoms with Gasteiger partial charge in [0.2, 0.25) is 0 Å². The summed E-state index contributed by atoms with van der Waals surface area (Å²) in [5, 5.41) is 3.71. The molecule has 0 saturated carbocycles. The number of rotatable bonds is 2. The van der Waals surface area contributed by atoms with Gasteiger partial charge in [-0.15, -0.1) is 11.3 Å². The van der Waals surface area contributed by atoms with Crippen LogP contribution in [0.3, 0.4) is 0 Å². The summed E-state index contributed by atoms with van der Waals surface area (Å²) in [6.45, 7) is 3.90. The van der Waals surface area contributed by atoms with E-state index in [0.717, 1.165) is 31.6 Å². The molecule has 0 unspecified atom stereocenters. The minimum Gasteiger partial charge on any atom is -0.397 e. The summed E-state index contributed by atoms with van der Waals surface area (Å²) in [7, 11) is 0.